The number of rotatable bonds is 16. The van der Waals surface area contributed by atoms with Crippen molar-refractivity contribution in [3.05, 3.63) is 120 Å². The molecule has 4 aromatic rings. The van der Waals surface area contributed by atoms with Crippen LogP contribution >= 0.6 is 0 Å². The summed E-state index contributed by atoms with van der Waals surface area (Å²) in [6, 6.07) is 31.0. The third kappa shape index (κ3) is 10.4. The van der Waals surface area contributed by atoms with Crippen molar-refractivity contribution in [1.29, 1.82) is 0 Å². The lowest BCUT2D eigenvalue weighted by Gasteiger charge is -2.18. The maximum Gasteiger partial charge on any atom is 0.429 e. The predicted molar refractivity (Wildman–Crippen MR) is 180 cm³/mol. The van der Waals surface area contributed by atoms with Crippen molar-refractivity contribution in [2.45, 2.75) is 38.1 Å². The molecule has 0 aliphatic rings. The minimum Gasteiger partial charge on any atom is -0.525 e. The standard InChI is InChI=1S/C34H36B2N4O7/c37-29(19-31(39)41)33(43)46-35(25-7-3-1-4-8-25)27-15-11-23(12-16-27)21-45-22-24-13-17-28(18-14-24)36(26-9-5-2-6-10-26)47-34(44)30(38)20-32(40)42/h1-18,29-30H,19-22,37-38H2,(H2,39,41)(H2,40,42). The summed E-state index contributed by atoms with van der Waals surface area (Å²) in [5.74, 6) is -2.83. The van der Waals surface area contributed by atoms with Crippen LogP contribution in [0.2, 0.25) is 0 Å². The Morgan fingerprint density at radius 1 is 0.511 bits per heavy atom. The van der Waals surface area contributed by atoms with E-state index in [1.807, 2.05) is 109 Å². The molecule has 0 saturated heterocycles. The van der Waals surface area contributed by atoms with Gasteiger partial charge in [0.2, 0.25) is 11.8 Å². The van der Waals surface area contributed by atoms with Gasteiger partial charge < -0.3 is 37.0 Å². The number of nitrogens with two attached hydrogens (primary N) is 4. The van der Waals surface area contributed by atoms with Crippen LogP contribution in [0.5, 0.6) is 0 Å². The summed E-state index contributed by atoms with van der Waals surface area (Å²) in [6.45, 7) is -0.810. The van der Waals surface area contributed by atoms with Crippen molar-refractivity contribution in [3.8, 4) is 0 Å². The lowest BCUT2D eigenvalue weighted by molar-refractivity contribution is -0.138. The Balaban J connectivity index is 1.38. The van der Waals surface area contributed by atoms with E-state index in [4.69, 9.17) is 37.0 Å². The van der Waals surface area contributed by atoms with Crippen LogP contribution < -0.4 is 44.8 Å². The number of amides is 2. The van der Waals surface area contributed by atoms with Crippen molar-refractivity contribution in [2.75, 3.05) is 0 Å². The van der Waals surface area contributed by atoms with Gasteiger partial charge in [-0.15, -0.1) is 0 Å². The molecule has 4 aromatic carbocycles. The minimum atomic E-state index is -1.16. The Bertz CT molecular complexity index is 1520. The molecule has 2 atom stereocenters. The number of primary amides is 2. The number of carbonyl (C=O) groups is 4. The van der Waals surface area contributed by atoms with E-state index in [2.05, 4.69) is 0 Å². The van der Waals surface area contributed by atoms with E-state index < -0.39 is 49.7 Å². The Morgan fingerprint density at radius 2 is 0.830 bits per heavy atom. The lowest BCUT2D eigenvalue weighted by Crippen LogP contribution is -2.49. The fraction of sp³-hybridized carbons (Fsp3) is 0.176. The van der Waals surface area contributed by atoms with Gasteiger partial charge in [-0.05, 0) is 33.0 Å². The van der Waals surface area contributed by atoms with Gasteiger partial charge in [0.15, 0.2) is 0 Å². The molecule has 2 amide bonds. The number of carbonyl (C=O) groups excluding carboxylic acids is 4. The van der Waals surface area contributed by atoms with Gasteiger partial charge in [-0.25, -0.2) is 0 Å². The average molecular weight is 634 g/mol. The molecule has 11 nitrogen and oxygen atoms in total. The first-order valence-electron chi connectivity index (χ1n) is 14.9. The molecule has 4 rings (SSSR count). The van der Waals surface area contributed by atoms with Gasteiger partial charge in [-0.1, -0.05) is 109 Å². The van der Waals surface area contributed by atoms with Crippen LogP contribution in [0.3, 0.4) is 0 Å². The fourth-order valence-electron chi connectivity index (χ4n) is 4.78. The van der Waals surface area contributed by atoms with Gasteiger partial charge in [0, 0.05) is 0 Å². The molecule has 0 bridgehead atoms. The molecule has 0 radical (unpaired) electrons. The van der Waals surface area contributed by atoms with E-state index in [9.17, 15) is 19.2 Å². The van der Waals surface area contributed by atoms with Crippen LogP contribution in [0.25, 0.3) is 0 Å². The van der Waals surface area contributed by atoms with Crippen molar-refractivity contribution < 1.29 is 33.2 Å². The maximum absolute atomic E-state index is 12.6. The predicted octanol–water partition coefficient (Wildman–Crippen LogP) is -0.893. The number of hydrogen-bond acceptors (Lipinski definition) is 9. The molecule has 0 aliphatic carbocycles. The summed E-state index contributed by atoms with van der Waals surface area (Å²) in [5, 5.41) is 0. The first kappa shape index (κ1) is 34.6. The van der Waals surface area contributed by atoms with E-state index in [1.54, 1.807) is 0 Å². The summed E-state index contributed by atoms with van der Waals surface area (Å²) in [5.41, 5.74) is 26.7. The highest BCUT2D eigenvalue weighted by molar-refractivity contribution is 6.81. The fourth-order valence-corrected chi connectivity index (χ4v) is 4.78. The van der Waals surface area contributed by atoms with Crippen LogP contribution in [0, 0.1) is 0 Å². The molecule has 2 unspecified atom stereocenters. The maximum atomic E-state index is 12.6. The molecule has 13 heteroatoms. The highest BCUT2D eigenvalue weighted by Gasteiger charge is 2.30. The molecular formula is C34H36B2N4O7. The Kier molecular flexibility index (Phi) is 12.5. The van der Waals surface area contributed by atoms with Gasteiger partial charge in [0.05, 0.1) is 26.1 Å². The molecule has 0 fully saturated rings. The molecule has 8 N–H and O–H groups in total. The van der Waals surface area contributed by atoms with Gasteiger partial charge in [0.1, 0.15) is 12.1 Å². The minimum absolute atomic E-state index is 0.312. The van der Waals surface area contributed by atoms with Crippen LogP contribution in [0.1, 0.15) is 24.0 Å². The molecule has 0 aromatic heterocycles. The smallest absolute Gasteiger partial charge is 0.429 e. The number of benzene rings is 4. The molecular weight excluding hydrogens is 598 g/mol. The molecule has 0 aliphatic heterocycles. The van der Waals surface area contributed by atoms with Gasteiger partial charge in [-0.3, -0.25) is 19.2 Å². The second-order valence-electron chi connectivity index (χ2n) is 11.0. The van der Waals surface area contributed by atoms with E-state index in [0.717, 1.165) is 33.0 Å². The quantitative estimate of drug-likeness (QED) is 0.113. The molecule has 240 valence electrons. The summed E-state index contributed by atoms with van der Waals surface area (Å²) < 4.78 is 17.4. The van der Waals surface area contributed by atoms with Gasteiger partial charge in [0.25, 0.3) is 0 Å². The largest absolute Gasteiger partial charge is 0.525 e. The Morgan fingerprint density at radius 3 is 1.15 bits per heavy atom. The van der Waals surface area contributed by atoms with Crippen molar-refractivity contribution in [2.24, 2.45) is 22.9 Å². The highest BCUT2D eigenvalue weighted by atomic mass is 16.5. The first-order valence-corrected chi connectivity index (χ1v) is 14.9. The number of ether oxygens (including phenoxy) is 1. The normalized spacial score (nSPS) is 12.0. The Labute approximate surface area is 273 Å². The summed E-state index contributed by atoms with van der Waals surface area (Å²) in [6.07, 6.45) is -0.624. The van der Waals surface area contributed by atoms with Crippen LogP contribution in [0.15, 0.2) is 109 Å². The topological polar surface area (TPSA) is 200 Å². The zero-order chi connectivity index (χ0) is 33.8. The van der Waals surface area contributed by atoms with Crippen molar-refractivity contribution in [1.82, 2.24) is 0 Å². The van der Waals surface area contributed by atoms with Crippen molar-refractivity contribution >= 4 is 59.4 Å². The molecule has 0 spiro atoms. The summed E-state index contributed by atoms with van der Waals surface area (Å²) in [7, 11) is 0. The van der Waals surface area contributed by atoms with Gasteiger partial charge in [-0.2, -0.15) is 0 Å². The lowest BCUT2D eigenvalue weighted by atomic mass is 9.55. The summed E-state index contributed by atoms with van der Waals surface area (Å²) in [4.78, 5) is 47.6. The second-order valence-corrected chi connectivity index (χ2v) is 11.0. The zero-order valence-corrected chi connectivity index (χ0v) is 25.7. The zero-order valence-electron chi connectivity index (χ0n) is 25.7. The monoisotopic (exact) mass is 634 g/mol. The third-order valence-electron chi connectivity index (χ3n) is 7.22. The molecule has 0 saturated carbocycles. The SMILES string of the molecule is NC(=O)CC(N)C(=O)OB(c1ccccc1)c1ccc(COCc2ccc(B(OC(=O)C(N)CC(N)=O)c3ccccc3)cc2)cc1. The number of hydrogen-bond donors (Lipinski definition) is 4. The van der Waals surface area contributed by atoms with Crippen LogP contribution in [-0.4, -0.2) is 49.7 Å². The second kappa shape index (κ2) is 16.9. The first-order chi connectivity index (χ1) is 22.6. The van der Waals surface area contributed by atoms with E-state index in [1.165, 1.54) is 0 Å². The molecule has 0 heterocycles. The van der Waals surface area contributed by atoms with E-state index in [-0.39, 0.29) is 12.8 Å². The van der Waals surface area contributed by atoms with E-state index in [0.29, 0.717) is 13.2 Å². The van der Waals surface area contributed by atoms with Crippen LogP contribution in [-0.2, 0) is 46.4 Å². The third-order valence-corrected chi connectivity index (χ3v) is 7.22. The van der Waals surface area contributed by atoms with Gasteiger partial charge >= 0.3 is 25.8 Å². The van der Waals surface area contributed by atoms with Crippen molar-refractivity contribution in [3.63, 3.8) is 0 Å². The average Bonchev–Trinajstić information content (AvgIpc) is 3.07. The van der Waals surface area contributed by atoms with Crippen LogP contribution in [0.4, 0.5) is 0 Å². The van der Waals surface area contributed by atoms with E-state index >= 15 is 0 Å². The summed E-state index contributed by atoms with van der Waals surface area (Å²) >= 11 is 0. The Hall–Kier alpha value is -5.23. The highest BCUT2D eigenvalue weighted by Crippen LogP contribution is 2.08. The molecule has 47 heavy (non-hydrogen) atoms.